The summed E-state index contributed by atoms with van der Waals surface area (Å²) >= 11 is 0. The van der Waals surface area contributed by atoms with Crippen LogP contribution >= 0.6 is 0 Å². The van der Waals surface area contributed by atoms with E-state index < -0.39 is 17.8 Å². The fraction of sp³-hybridized carbons (Fsp3) is 0.200. The molecule has 0 radical (unpaired) electrons. The van der Waals surface area contributed by atoms with Gasteiger partial charge in [0.05, 0.1) is 11.9 Å². The summed E-state index contributed by atoms with van der Waals surface area (Å²) < 4.78 is 4.75. The highest BCUT2D eigenvalue weighted by Gasteiger charge is 2.28. The topological polar surface area (TPSA) is 96.8 Å². The highest BCUT2D eigenvalue weighted by atomic mass is 16.5. The van der Waals surface area contributed by atoms with Gasteiger partial charge in [0.15, 0.2) is 0 Å². The van der Waals surface area contributed by atoms with E-state index in [9.17, 15) is 14.4 Å². The van der Waals surface area contributed by atoms with Crippen molar-refractivity contribution in [1.82, 2.24) is 4.98 Å². The molecule has 1 saturated heterocycles. The lowest BCUT2D eigenvalue weighted by Crippen LogP contribution is -2.46. The third-order valence-corrected chi connectivity index (χ3v) is 2.18. The number of ether oxygens (including phenoxy) is 1. The van der Waals surface area contributed by atoms with Gasteiger partial charge in [0.1, 0.15) is 18.9 Å². The molecule has 0 saturated carbocycles. The first-order valence-corrected chi connectivity index (χ1v) is 4.72. The van der Waals surface area contributed by atoms with Gasteiger partial charge < -0.3 is 9.84 Å². The van der Waals surface area contributed by atoms with Crippen molar-refractivity contribution in [3.8, 4) is 0 Å². The number of amides is 2. The van der Waals surface area contributed by atoms with Gasteiger partial charge in [-0.15, -0.1) is 0 Å². The third-order valence-electron chi connectivity index (χ3n) is 2.18. The monoisotopic (exact) mass is 236 g/mol. The summed E-state index contributed by atoms with van der Waals surface area (Å²) in [6.07, 6.45) is 1.17. The van der Waals surface area contributed by atoms with Crippen LogP contribution < -0.4 is 4.90 Å². The molecule has 1 aromatic heterocycles. The lowest BCUT2D eigenvalue weighted by molar-refractivity contribution is -0.138. The van der Waals surface area contributed by atoms with Crippen LogP contribution in [0.5, 0.6) is 0 Å². The van der Waals surface area contributed by atoms with Gasteiger partial charge in [-0.2, -0.15) is 0 Å². The lowest BCUT2D eigenvalue weighted by Gasteiger charge is -2.24. The average molecular weight is 236 g/mol. The number of carboxylic acids is 1. The average Bonchev–Trinajstić information content (AvgIpc) is 2.29. The van der Waals surface area contributed by atoms with Crippen molar-refractivity contribution >= 4 is 23.5 Å². The Morgan fingerprint density at radius 3 is 2.41 bits per heavy atom. The van der Waals surface area contributed by atoms with Gasteiger partial charge in [0.2, 0.25) is 0 Å². The van der Waals surface area contributed by atoms with Crippen molar-refractivity contribution in [3.63, 3.8) is 0 Å². The minimum atomic E-state index is -1.17. The van der Waals surface area contributed by atoms with Gasteiger partial charge >= 0.3 is 5.97 Å². The first kappa shape index (κ1) is 11.2. The number of nitrogens with zero attached hydrogens (tertiary/aromatic N) is 2. The van der Waals surface area contributed by atoms with Crippen LogP contribution in [0.4, 0.5) is 5.69 Å². The highest BCUT2D eigenvalue weighted by molar-refractivity contribution is 6.16. The van der Waals surface area contributed by atoms with Crippen LogP contribution in [-0.2, 0) is 14.3 Å². The Bertz CT molecular complexity index is 466. The van der Waals surface area contributed by atoms with E-state index >= 15 is 0 Å². The molecular weight excluding hydrogens is 228 g/mol. The van der Waals surface area contributed by atoms with Gasteiger partial charge in [0, 0.05) is 0 Å². The number of aromatic carboxylic acids is 1. The molecule has 1 N–H and O–H groups in total. The maximum atomic E-state index is 11.5. The molecule has 1 fully saturated rings. The normalized spacial score (nSPS) is 16.1. The van der Waals surface area contributed by atoms with Crippen LogP contribution in [-0.4, -0.2) is 41.1 Å². The van der Waals surface area contributed by atoms with E-state index in [-0.39, 0.29) is 24.6 Å². The Balaban J connectivity index is 2.29. The Morgan fingerprint density at radius 2 is 1.94 bits per heavy atom. The van der Waals surface area contributed by atoms with Crippen molar-refractivity contribution in [2.75, 3.05) is 18.1 Å². The number of carbonyl (C=O) groups excluding carboxylic acids is 2. The molecule has 1 aromatic rings. The molecule has 0 aliphatic carbocycles. The standard InChI is InChI=1S/C10H8N2O5/c13-8-4-17-5-9(14)12(8)6-1-2-7(10(15)16)11-3-6/h1-3H,4-5H2,(H,15,16). The summed E-state index contributed by atoms with van der Waals surface area (Å²) in [5.74, 6) is -2.16. The smallest absolute Gasteiger partial charge is 0.354 e. The molecular formula is C10H8N2O5. The zero-order valence-electron chi connectivity index (χ0n) is 8.62. The van der Waals surface area contributed by atoms with E-state index in [2.05, 4.69) is 4.98 Å². The predicted molar refractivity (Wildman–Crippen MR) is 54.5 cm³/mol. The minimum Gasteiger partial charge on any atom is -0.477 e. The zero-order chi connectivity index (χ0) is 12.4. The molecule has 17 heavy (non-hydrogen) atoms. The molecule has 7 nitrogen and oxygen atoms in total. The fourth-order valence-electron chi connectivity index (χ4n) is 1.43. The quantitative estimate of drug-likeness (QED) is 0.706. The summed E-state index contributed by atoms with van der Waals surface area (Å²) in [6.45, 7) is -0.348. The van der Waals surface area contributed by atoms with E-state index in [0.717, 1.165) is 4.90 Å². The molecule has 1 aliphatic rings. The van der Waals surface area contributed by atoms with Crippen LogP contribution in [0.25, 0.3) is 0 Å². The molecule has 0 bridgehead atoms. The Morgan fingerprint density at radius 1 is 1.29 bits per heavy atom. The number of carbonyl (C=O) groups is 3. The summed E-state index contributed by atoms with van der Waals surface area (Å²) in [7, 11) is 0. The Hall–Kier alpha value is -2.28. The molecule has 2 heterocycles. The summed E-state index contributed by atoms with van der Waals surface area (Å²) in [6, 6.07) is 2.59. The second-order valence-electron chi connectivity index (χ2n) is 3.32. The van der Waals surface area contributed by atoms with Crippen LogP contribution in [0.15, 0.2) is 18.3 Å². The van der Waals surface area contributed by atoms with Crippen molar-refractivity contribution in [2.45, 2.75) is 0 Å². The molecule has 0 spiro atoms. The second kappa shape index (κ2) is 4.30. The van der Waals surface area contributed by atoms with Crippen molar-refractivity contribution in [2.24, 2.45) is 0 Å². The molecule has 0 unspecified atom stereocenters. The number of imide groups is 1. The molecule has 2 amide bonds. The van der Waals surface area contributed by atoms with Gasteiger partial charge in [0.25, 0.3) is 11.8 Å². The fourth-order valence-corrected chi connectivity index (χ4v) is 1.43. The van der Waals surface area contributed by atoms with Gasteiger partial charge in [-0.1, -0.05) is 0 Å². The molecule has 88 valence electrons. The largest absolute Gasteiger partial charge is 0.477 e. The van der Waals surface area contributed by atoms with Crippen molar-refractivity contribution < 1.29 is 24.2 Å². The van der Waals surface area contributed by atoms with E-state index in [4.69, 9.17) is 9.84 Å². The predicted octanol–water partition coefficient (Wildman–Crippen LogP) is -0.330. The molecule has 1 aliphatic heterocycles. The van der Waals surface area contributed by atoms with E-state index in [1.54, 1.807) is 0 Å². The molecule has 2 rings (SSSR count). The highest BCUT2D eigenvalue weighted by Crippen LogP contribution is 2.16. The lowest BCUT2D eigenvalue weighted by atomic mass is 10.3. The number of morpholine rings is 1. The van der Waals surface area contributed by atoms with E-state index in [1.165, 1.54) is 18.3 Å². The van der Waals surface area contributed by atoms with Crippen LogP contribution in [0.3, 0.4) is 0 Å². The SMILES string of the molecule is O=C(O)c1ccc(N2C(=O)COCC2=O)cn1. The molecule has 0 atom stereocenters. The van der Waals surface area contributed by atoms with Crippen LogP contribution in [0.1, 0.15) is 10.5 Å². The molecule has 0 aromatic carbocycles. The van der Waals surface area contributed by atoms with Crippen molar-refractivity contribution in [1.29, 1.82) is 0 Å². The maximum absolute atomic E-state index is 11.5. The van der Waals surface area contributed by atoms with Gasteiger partial charge in [-0.3, -0.25) is 9.59 Å². The third kappa shape index (κ3) is 2.13. The summed E-state index contributed by atoms with van der Waals surface area (Å²) in [5, 5.41) is 8.66. The number of hydrogen-bond acceptors (Lipinski definition) is 5. The number of carboxylic acid groups (broad SMARTS) is 1. The van der Waals surface area contributed by atoms with Gasteiger partial charge in [-0.25, -0.2) is 14.7 Å². The first-order chi connectivity index (χ1) is 8.09. The first-order valence-electron chi connectivity index (χ1n) is 4.72. The number of rotatable bonds is 2. The molecule has 7 heteroatoms. The van der Waals surface area contributed by atoms with Crippen LogP contribution in [0, 0.1) is 0 Å². The van der Waals surface area contributed by atoms with Gasteiger partial charge in [-0.05, 0) is 12.1 Å². The summed E-state index contributed by atoms with van der Waals surface area (Å²) in [5.41, 5.74) is 0.0928. The Labute approximate surface area is 95.6 Å². The summed E-state index contributed by atoms with van der Waals surface area (Å²) in [4.78, 5) is 38.1. The maximum Gasteiger partial charge on any atom is 0.354 e. The number of hydrogen-bond donors (Lipinski definition) is 1. The number of aromatic nitrogens is 1. The number of anilines is 1. The van der Waals surface area contributed by atoms with Crippen LogP contribution in [0.2, 0.25) is 0 Å². The minimum absolute atomic E-state index is 0.151. The van der Waals surface area contributed by atoms with E-state index in [1.807, 2.05) is 0 Å². The zero-order valence-corrected chi connectivity index (χ0v) is 8.62. The number of pyridine rings is 1. The Kier molecular flexibility index (Phi) is 2.84. The second-order valence-corrected chi connectivity index (χ2v) is 3.32. The van der Waals surface area contributed by atoms with Crippen molar-refractivity contribution in [3.05, 3.63) is 24.0 Å². The van der Waals surface area contributed by atoms with E-state index in [0.29, 0.717) is 0 Å².